The molecule has 0 aromatic heterocycles. The number of fused-ring (bicyclic) bond motifs is 1. The summed E-state index contributed by atoms with van der Waals surface area (Å²) >= 11 is 0. The minimum absolute atomic E-state index is 0.185. The zero-order valence-corrected chi connectivity index (χ0v) is 10.8. The maximum Gasteiger partial charge on any atom is 0.220 e. The van der Waals surface area contributed by atoms with E-state index in [0.29, 0.717) is 12.5 Å². The molecule has 0 radical (unpaired) electrons. The Labute approximate surface area is 109 Å². The van der Waals surface area contributed by atoms with Crippen molar-refractivity contribution in [2.24, 2.45) is 5.73 Å². The lowest BCUT2D eigenvalue weighted by atomic mass is 10.1. The van der Waals surface area contributed by atoms with Crippen molar-refractivity contribution in [1.82, 2.24) is 5.32 Å². The van der Waals surface area contributed by atoms with Gasteiger partial charge in [0.05, 0.1) is 0 Å². The molecule has 18 heavy (non-hydrogen) atoms. The number of rotatable bonds is 6. The maximum absolute atomic E-state index is 11.8. The van der Waals surface area contributed by atoms with Crippen LogP contribution in [0.5, 0.6) is 0 Å². The molecule has 0 spiro atoms. The number of unbranched alkanes of at least 4 members (excludes halogenated alkanes) is 2. The molecule has 1 aromatic carbocycles. The highest BCUT2D eigenvalue weighted by Crippen LogP contribution is 2.21. The van der Waals surface area contributed by atoms with Crippen molar-refractivity contribution in [3.63, 3.8) is 0 Å². The lowest BCUT2D eigenvalue weighted by Gasteiger charge is -2.11. The predicted octanol–water partition coefficient (Wildman–Crippen LogP) is 1.79. The van der Waals surface area contributed by atoms with Crippen LogP contribution in [-0.4, -0.2) is 18.5 Å². The van der Waals surface area contributed by atoms with Gasteiger partial charge in [-0.05, 0) is 43.4 Å². The third-order valence-electron chi connectivity index (χ3n) is 3.52. The molecule has 0 aliphatic heterocycles. The molecular weight excluding hydrogens is 224 g/mol. The van der Waals surface area contributed by atoms with Crippen LogP contribution in [0.4, 0.5) is 0 Å². The largest absolute Gasteiger partial charge is 0.353 e. The maximum atomic E-state index is 11.8. The molecule has 0 atom stereocenters. The summed E-state index contributed by atoms with van der Waals surface area (Å²) in [6, 6.07) is 8.74. The van der Waals surface area contributed by atoms with Crippen LogP contribution in [0.15, 0.2) is 24.3 Å². The molecule has 1 aliphatic rings. The van der Waals surface area contributed by atoms with E-state index in [4.69, 9.17) is 5.73 Å². The Morgan fingerprint density at radius 1 is 1.17 bits per heavy atom. The molecule has 3 nitrogen and oxygen atoms in total. The monoisotopic (exact) mass is 246 g/mol. The van der Waals surface area contributed by atoms with Crippen molar-refractivity contribution in [2.75, 3.05) is 6.54 Å². The molecule has 0 unspecified atom stereocenters. The van der Waals surface area contributed by atoms with Crippen LogP contribution < -0.4 is 11.1 Å². The highest BCUT2D eigenvalue weighted by atomic mass is 16.1. The standard InChI is InChI=1S/C15H22N2O/c16-9-5-1-2-8-15(18)17-14-10-12-6-3-4-7-13(12)11-14/h3-4,6-7,14H,1-2,5,8-11,16H2,(H,17,18). The Morgan fingerprint density at radius 2 is 1.83 bits per heavy atom. The Morgan fingerprint density at radius 3 is 2.44 bits per heavy atom. The van der Waals surface area contributed by atoms with Crippen LogP contribution >= 0.6 is 0 Å². The van der Waals surface area contributed by atoms with E-state index < -0.39 is 0 Å². The smallest absolute Gasteiger partial charge is 0.220 e. The van der Waals surface area contributed by atoms with E-state index in [-0.39, 0.29) is 5.91 Å². The topological polar surface area (TPSA) is 55.1 Å². The molecule has 0 bridgehead atoms. The van der Waals surface area contributed by atoms with Crippen molar-refractivity contribution in [3.05, 3.63) is 35.4 Å². The minimum atomic E-state index is 0.185. The van der Waals surface area contributed by atoms with Gasteiger partial charge < -0.3 is 11.1 Å². The van der Waals surface area contributed by atoms with Crippen LogP contribution in [0.3, 0.4) is 0 Å². The van der Waals surface area contributed by atoms with Gasteiger partial charge in [-0.1, -0.05) is 30.7 Å². The first kappa shape index (κ1) is 13.1. The fourth-order valence-electron chi connectivity index (χ4n) is 2.57. The molecule has 1 aromatic rings. The highest BCUT2D eigenvalue weighted by Gasteiger charge is 2.21. The van der Waals surface area contributed by atoms with Crippen molar-refractivity contribution >= 4 is 5.91 Å². The fourth-order valence-corrected chi connectivity index (χ4v) is 2.57. The van der Waals surface area contributed by atoms with Crippen LogP contribution in [0.2, 0.25) is 0 Å². The predicted molar refractivity (Wildman–Crippen MR) is 73.3 cm³/mol. The molecule has 98 valence electrons. The van der Waals surface area contributed by atoms with Gasteiger partial charge in [0.25, 0.3) is 0 Å². The van der Waals surface area contributed by atoms with Gasteiger partial charge in [-0.25, -0.2) is 0 Å². The Balaban J connectivity index is 1.71. The molecule has 3 heteroatoms. The third kappa shape index (κ3) is 3.57. The average Bonchev–Trinajstić information content (AvgIpc) is 2.76. The number of hydrogen-bond acceptors (Lipinski definition) is 2. The Kier molecular flexibility index (Phi) is 4.76. The normalized spacial score (nSPS) is 14.5. The lowest BCUT2D eigenvalue weighted by Crippen LogP contribution is -2.35. The second-order valence-electron chi connectivity index (χ2n) is 5.04. The first-order valence-electron chi connectivity index (χ1n) is 6.86. The zero-order valence-electron chi connectivity index (χ0n) is 10.8. The number of nitrogens with two attached hydrogens (primary N) is 1. The van der Waals surface area contributed by atoms with Gasteiger partial charge in [-0.15, -0.1) is 0 Å². The highest BCUT2D eigenvalue weighted by molar-refractivity contribution is 5.76. The van der Waals surface area contributed by atoms with Crippen molar-refractivity contribution < 1.29 is 4.79 Å². The summed E-state index contributed by atoms with van der Waals surface area (Å²) in [6.45, 7) is 0.722. The summed E-state index contributed by atoms with van der Waals surface area (Å²) in [4.78, 5) is 11.8. The summed E-state index contributed by atoms with van der Waals surface area (Å²) < 4.78 is 0. The van der Waals surface area contributed by atoms with Crippen LogP contribution in [0.25, 0.3) is 0 Å². The molecule has 2 rings (SSSR count). The second kappa shape index (κ2) is 6.55. The van der Waals surface area contributed by atoms with E-state index in [1.807, 2.05) is 0 Å². The number of benzene rings is 1. The number of carbonyl (C=O) groups is 1. The van der Waals surface area contributed by atoms with Crippen molar-refractivity contribution in [2.45, 2.75) is 44.6 Å². The molecule has 1 amide bonds. The number of carbonyl (C=O) groups excluding carboxylic acids is 1. The van der Waals surface area contributed by atoms with Crippen LogP contribution in [0.1, 0.15) is 36.8 Å². The number of hydrogen-bond donors (Lipinski definition) is 2. The molecule has 0 saturated heterocycles. The summed E-state index contributed by atoms with van der Waals surface area (Å²) in [5, 5.41) is 3.13. The quantitative estimate of drug-likeness (QED) is 0.752. The molecule has 1 aliphatic carbocycles. The van der Waals surface area contributed by atoms with Crippen LogP contribution in [0, 0.1) is 0 Å². The number of nitrogens with one attached hydrogen (secondary N) is 1. The summed E-state index contributed by atoms with van der Waals surface area (Å²) in [7, 11) is 0. The summed E-state index contributed by atoms with van der Waals surface area (Å²) in [5.74, 6) is 0.185. The van der Waals surface area contributed by atoms with Gasteiger partial charge in [0, 0.05) is 12.5 Å². The Bertz CT molecular complexity index is 378. The molecule has 0 saturated carbocycles. The first-order chi connectivity index (χ1) is 8.79. The van der Waals surface area contributed by atoms with Gasteiger partial charge >= 0.3 is 0 Å². The van der Waals surface area contributed by atoms with E-state index in [2.05, 4.69) is 29.6 Å². The van der Waals surface area contributed by atoms with Crippen molar-refractivity contribution in [3.8, 4) is 0 Å². The first-order valence-corrected chi connectivity index (χ1v) is 6.86. The van der Waals surface area contributed by atoms with Gasteiger partial charge in [0.15, 0.2) is 0 Å². The van der Waals surface area contributed by atoms with E-state index >= 15 is 0 Å². The van der Waals surface area contributed by atoms with Gasteiger partial charge in [-0.2, -0.15) is 0 Å². The van der Waals surface area contributed by atoms with E-state index in [1.54, 1.807) is 0 Å². The van der Waals surface area contributed by atoms with Gasteiger partial charge in [0.2, 0.25) is 5.91 Å². The summed E-state index contributed by atoms with van der Waals surface area (Å²) in [6.07, 6.45) is 5.60. The zero-order chi connectivity index (χ0) is 12.8. The third-order valence-corrected chi connectivity index (χ3v) is 3.52. The van der Waals surface area contributed by atoms with Crippen LogP contribution in [-0.2, 0) is 17.6 Å². The molecular formula is C15H22N2O. The Hall–Kier alpha value is -1.35. The number of amides is 1. The summed E-state index contributed by atoms with van der Waals surface area (Å²) in [5.41, 5.74) is 8.19. The lowest BCUT2D eigenvalue weighted by molar-refractivity contribution is -0.121. The molecule has 0 heterocycles. The second-order valence-corrected chi connectivity index (χ2v) is 5.04. The molecule has 0 fully saturated rings. The molecule has 3 N–H and O–H groups in total. The van der Waals surface area contributed by atoms with E-state index in [9.17, 15) is 4.79 Å². The van der Waals surface area contributed by atoms with Gasteiger partial charge in [-0.3, -0.25) is 4.79 Å². The average molecular weight is 246 g/mol. The fraction of sp³-hybridized carbons (Fsp3) is 0.533. The van der Waals surface area contributed by atoms with E-state index in [0.717, 1.165) is 38.6 Å². The minimum Gasteiger partial charge on any atom is -0.353 e. The SMILES string of the molecule is NCCCCCC(=O)NC1Cc2ccccc2C1. The van der Waals surface area contributed by atoms with Gasteiger partial charge in [0.1, 0.15) is 0 Å². The van der Waals surface area contributed by atoms with E-state index in [1.165, 1.54) is 11.1 Å². The van der Waals surface area contributed by atoms with Crippen molar-refractivity contribution in [1.29, 1.82) is 0 Å².